The Labute approximate surface area is 79.7 Å². The summed E-state index contributed by atoms with van der Waals surface area (Å²) in [6, 6.07) is 0. The molecule has 0 bridgehead atoms. The number of halogens is 1. The minimum atomic E-state index is -0.723. The molecule has 0 rings (SSSR count). The van der Waals surface area contributed by atoms with Gasteiger partial charge in [0.1, 0.15) is 0 Å². The number of thioether (sulfide) groups is 1. The number of alkyl halides is 1. The van der Waals surface area contributed by atoms with Gasteiger partial charge in [-0.05, 0) is 5.75 Å². The molecule has 70 valence electrons. The highest BCUT2D eigenvalue weighted by Gasteiger charge is 2.02. The molecule has 0 aromatic heterocycles. The fourth-order valence-corrected chi connectivity index (χ4v) is 1.18. The summed E-state index contributed by atoms with van der Waals surface area (Å²) in [5.74, 6) is 1.14. The molecule has 0 radical (unpaired) electrons. The predicted octanol–water partition coefficient (Wildman–Crippen LogP) is 1.12. The molecule has 7 heteroatoms. The zero-order chi connectivity index (χ0) is 9.40. The highest BCUT2D eigenvalue weighted by atomic mass is 35.5. The molecule has 12 heavy (non-hydrogen) atoms. The monoisotopic (exact) mass is 211 g/mol. The Morgan fingerprint density at radius 2 is 2.50 bits per heavy atom. The zero-order valence-corrected chi connectivity index (χ0v) is 8.19. The van der Waals surface area contributed by atoms with Gasteiger partial charge in [0.25, 0.3) is 0 Å². The van der Waals surface area contributed by atoms with E-state index in [9.17, 15) is 10.1 Å². The van der Waals surface area contributed by atoms with Gasteiger partial charge in [0.2, 0.25) is 5.17 Å². The molecular formula is C5H10ClN3O2S. The van der Waals surface area contributed by atoms with Crippen LogP contribution in [0, 0.1) is 10.1 Å². The first-order chi connectivity index (χ1) is 5.70. The standard InChI is InChI=1S/C5H10ClN3O2S/c1-2-12-5(7-4-3-6)8-9(10)11/h2-4H2,1H3,(H,7,8). The number of nitrogens with one attached hydrogen (secondary N) is 1. The molecule has 0 aliphatic rings. The van der Waals surface area contributed by atoms with Crippen LogP contribution in [0.15, 0.2) is 5.10 Å². The summed E-state index contributed by atoms with van der Waals surface area (Å²) < 4.78 is 0. The second-order valence-electron chi connectivity index (χ2n) is 1.69. The Morgan fingerprint density at radius 3 is 2.92 bits per heavy atom. The van der Waals surface area contributed by atoms with Crippen LogP contribution in [-0.4, -0.2) is 28.4 Å². The van der Waals surface area contributed by atoms with E-state index in [-0.39, 0.29) is 0 Å². The summed E-state index contributed by atoms with van der Waals surface area (Å²) in [5.41, 5.74) is 0. The summed E-state index contributed by atoms with van der Waals surface area (Å²) in [6.07, 6.45) is 0. The maximum absolute atomic E-state index is 9.98. The Morgan fingerprint density at radius 1 is 1.83 bits per heavy atom. The third-order valence-electron chi connectivity index (χ3n) is 0.824. The van der Waals surface area contributed by atoms with Crippen molar-refractivity contribution in [3.05, 3.63) is 10.1 Å². The summed E-state index contributed by atoms with van der Waals surface area (Å²) in [5, 5.41) is 15.4. The fraction of sp³-hybridized carbons (Fsp3) is 0.800. The number of nitro groups is 1. The van der Waals surface area contributed by atoms with Crippen molar-refractivity contribution in [1.29, 1.82) is 0 Å². The third kappa shape index (κ3) is 6.23. The van der Waals surface area contributed by atoms with E-state index < -0.39 is 5.03 Å². The quantitative estimate of drug-likeness (QED) is 0.249. The predicted molar refractivity (Wildman–Crippen MR) is 51.3 cm³/mol. The van der Waals surface area contributed by atoms with Gasteiger partial charge in [-0.1, -0.05) is 18.7 Å². The van der Waals surface area contributed by atoms with Crippen LogP contribution in [0.25, 0.3) is 0 Å². The van der Waals surface area contributed by atoms with Crippen molar-refractivity contribution in [2.75, 3.05) is 18.2 Å². The van der Waals surface area contributed by atoms with Crippen molar-refractivity contribution >= 4 is 28.5 Å². The third-order valence-corrected chi connectivity index (χ3v) is 1.80. The smallest absolute Gasteiger partial charge is 0.235 e. The van der Waals surface area contributed by atoms with Crippen LogP contribution < -0.4 is 5.32 Å². The first-order valence-electron chi connectivity index (χ1n) is 3.36. The van der Waals surface area contributed by atoms with Crippen LogP contribution in [0.1, 0.15) is 6.92 Å². The van der Waals surface area contributed by atoms with Crippen molar-refractivity contribution in [3.63, 3.8) is 0 Å². The number of hydrogen-bond donors (Lipinski definition) is 1. The second kappa shape index (κ2) is 7.17. The van der Waals surface area contributed by atoms with Crippen LogP contribution >= 0.6 is 23.4 Å². The summed E-state index contributed by atoms with van der Waals surface area (Å²) >= 11 is 6.67. The minimum Gasteiger partial charge on any atom is -0.358 e. The van der Waals surface area contributed by atoms with Gasteiger partial charge < -0.3 is 5.32 Å². The van der Waals surface area contributed by atoms with Crippen LogP contribution in [0.4, 0.5) is 0 Å². The van der Waals surface area contributed by atoms with E-state index in [2.05, 4.69) is 10.4 Å². The van der Waals surface area contributed by atoms with E-state index in [1.54, 1.807) is 0 Å². The minimum absolute atomic E-state index is 0.308. The van der Waals surface area contributed by atoms with Gasteiger partial charge in [-0.25, -0.2) is 10.1 Å². The summed E-state index contributed by atoms with van der Waals surface area (Å²) in [6.45, 7) is 2.38. The Hall–Kier alpha value is -0.490. The molecule has 0 heterocycles. The van der Waals surface area contributed by atoms with Gasteiger partial charge in [-0.15, -0.1) is 11.6 Å². The summed E-state index contributed by atoms with van der Waals surface area (Å²) in [4.78, 5) is 9.98. The number of rotatable bonds is 4. The maximum atomic E-state index is 9.98. The molecule has 0 amide bonds. The highest BCUT2D eigenvalue weighted by molar-refractivity contribution is 8.13. The normalized spacial score (nSPS) is 11.3. The average molecular weight is 212 g/mol. The van der Waals surface area contributed by atoms with Crippen LogP contribution in [0.5, 0.6) is 0 Å². The topological polar surface area (TPSA) is 67.5 Å². The van der Waals surface area contributed by atoms with Crippen molar-refractivity contribution in [3.8, 4) is 0 Å². The van der Waals surface area contributed by atoms with E-state index in [1.807, 2.05) is 6.92 Å². The average Bonchev–Trinajstić information content (AvgIpc) is 2.00. The van der Waals surface area contributed by atoms with E-state index in [0.29, 0.717) is 17.6 Å². The molecular weight excluding hydrogens is 202 g/mol. The number of hydrazone groups is 1. The number of nitrogens with zero attached hydrogens (tertiary/aromatic N) is 2. The first-order valence-corrected chi connectivity index (χ1v) is 4.88. The number of amidine groups is 1. The van der Waals surface area contributed by atoms with E-state index >= 15 is 0 Å². The first kappa shape index (κ1) is 11.5. The number of hydrogen-bond acceptors (Lipinski definition) is 3. The molecule has 0 saturated carbocycles. The molecule has 0 spiro atoms. The summed E-state index contributed by atoms with van der Waals surface area (Å²) in [7, 11) is 0. The SMILES string of the molecule is CCSC(=N[N+](=O)[O-])NCCCl. The Bertz CT molecular complexity index is 176. The molecule has 1 N–H and O–H groups in total. The molecule has 0 aromatic rings. The lowest BCUT2D eigenvalue weighted by atomic mass is 10.8. The van der Waals surface area contributed by atoms with Crippen LogP contribution in [-0.2, 0) is 0 Å². The van der Waals surface area contributed by atoms with Crippen molar-refractivity contribution in [1.82, 2.24) is 5.32 Å². The van der Waals surface area contributed by atoms with Gasteiger partial charge in [-0.2, -0.15) is 0 Å². The zero-order valence-electron chi connectivity index (χ0n) is 6.62. The van der Waals surface area contributed by atoms with E-state index in [4.69, 9.17) is 11.6 Å². The van der Waals surface area contributed by atoms with Gasteiger partial charge in [0.05, 0.1) is 5.10 Å². The molecule has 0 aliphatic carbocycles. The Balaban J connectivity index is 3.93. The van der Waals surface area contributed by atoms with Crippen molar-refractivity contribution < 1.29 is 5.03 Å². The molecule has 0 unspecified atom stereocenters. The fourth-order valence-electron chi connectivity index (χ4n) is 0.480. The molecule has 0 saturated heterocycles. The largest absolute Gasteiger partial charge is 0.358 e. The lowest BCUT2D eigenvalue weighted by molar-refractivity contribution is -0.484. The molecule has 0 aromatic carbocycles. The van der Waals surface area contributed by atoms with Crippen LogP contribution in [0.3, 0.4) is 0 Å². The van der Waals surface area contributed by atoms with Crippen LogP contribution in [0.2, 0.25) is 0 Å². The van der Waals surface area contributed by atoms with Crippen molar-refractivity contribution in [2.24, 2.45) is 5.10 Å². The van der Waals surface area contributed by atoms with Gasteiger partial charge in [-0.3, -0.25) is 0 Å². The Kier molecular flexibility index (Phi) is 6.88. The molecule has 0 aliphatic heterocycles. The molecule has 0 atom stereocenters. The van der Waals surface area contributed by atoms with Gasteiger partial charge in [0.15, 0.2) is 5.03 Å². The lowest BCUT2D eigenvalue weighted by Gasteiger charge is -2.01. The van der Waals surface area contributed by atoms with E-state index in [0.717, 1.165) is 5.75 Å². The van der Waals surface area contributed by atoms with Crippen molar-refractivity contribution in [2.45, 2.75) is 6.92 Å². The van der Waals surface area contributed by atoms with Gasteiger partial charge >= 0.3 is 0 Å². The second-order valence-corrected chi connectivity index (χ2v) is 3.32. The molecule has 0 fully saturated rings. The van der Waals surface area contributed by atoms with Gasteiger partial charge in [0, 0.05) is 12.4 Å². The van der Waals surface area contributed by atoms with E-state index in [1.165, 1.54) is 11.8 Å². The molecule has 5 nitrogen and oxygen atoms in total. The lowest BCUT2D eigenvalue weighted by Crippen LogP contribution is -2.23. The highest BCUT2D eigenvalue weighted by Crippen LogP contribution is 2.00. The maximum Gasteiger partial charge on any atom is 0.235 e.